The highest BCUT2D eigenvalue weighted by Crippen LogP contribution is 2.48. The lowest BCUT2D eigenvalue weighted by atomic mass is 10.2. The number of alkyl halides is 2. The van der Waals surface area contributed by atoms with Gasteiger partial charge in [-0.05, 0) is 6.42 Å². The Balaban J connectivity index is 1.80. The summed E-state index contributed by atoms with van der Waals surface area (Å²) in [6.45, 7) is 3.04. The summed E-state index contributed by atoms with van der Waals surface area (Å²) < 4.78 is 29.9. The summed E-state index contributed by atoms with van der Waals surface area (Å²) in [4.78, 5) is 0. The van der Waals surface area contributed by atoms with E-state index in [0.29, 0.717) is 6.61 Å². The minimum Gasteiger partial charge on any atom is -0.381 e. The van der Waals surface area contributed by atoms with Gasteiger partial charge in [-0.15, -0.1) is 0 Å². The van der Waals surface area contributed by atoms with Gasteiger partial charge >= 0.3 is 0 Å². The summed E-state index contributed by atoms with van der Waals surface area (Å²) in [5, 5.41) is 0. The third kappa shape index (κ3) is 4.03. The molecule has 13 heavy (non-hydrogen) atoms. The lowest BCUT2D eigenvalue weighted by Crippen LogP contribution is -2.04. The number of unbranched alkanes of at least 4 members (excludes halogenated alkanes) is 3. The quantitative estimate of drug-likeness (QED) is 0.563. The van der Waals surface area contributed by atoms with Crippen molar-refractivity contribution < 1.29 is 13.5 Å². The highest BCUT2D eigenvalue weighted by Gasteiger charge is 2.56. The van der Waals surface area contributed by atoms with Gasteiger partial charge < -0.3 is 4.74 Å². The third-order valence-electron chi connectivity index (χ3n) is 2.42. The molecule has 1 unspecified atom stereocenters. The average molecular weight is 192 g/mol. The molecular formula is C10H18F2O. The number of hydrogen-bond acceptors (Lipinski definition) is 1. The van der Waals surface area contributed by atoms with Crippen LogP contribution in [-0.2, 0) is 4.74 Å². The molecule has 0 aromatic rings. The summed E-state index contributed by atoms with van der Waals surface area (Å²) in [7, 11) is 0. The van der Waals surface area contributed by atoms with Crippen molar-refractivity contribution in [1.29, 1.82) is 0 Å². The summed E-state index contributed by atoms with van der Waals surface area (Å²) in [5.74, 6) is -2.90. The SMILES string of the molecule is CCCCCCOCC1CC1(F)F. The van der Waals surface area contributed by atoms with Crippen molar-refractivity contribution in [3.8, 4) is 0 Å². The molecule has 0 amide bonds. The normalized spacial score (nSPS) is 24.7. The van der Waals surface area contributed by atoms with Crippen LogP contribution in [0.25, 0.3) is 0 Å². The maximum Gasteiger partial charge on any atom is 0.253 e. The lowest BCUT2D eigenvalue weighted by molar-refractivity contribution is 0.0537. The van der Waals surface area contributed by atoms with Gasteiger partial charge in [-0.3, -0.25) is 0 Å². The van der Waals surface area contributed by atoms with Gasteiger partial charge in [-0.25, -0.2) is 8.78 Å². The van der Waals surface area contributed by atoms with E-state index in [4.69, 9.17) is 4.74 Å². The zero-order valence-corrected chi connectivity index (χ0v) is 8.19. The molecule has 78 valence electrons. The summed E-state index contributed by atoms with van der Waals surface area (Å²) >= 11 is 0. The van der Waals surface area contributed by atoms with Gasteiger partial charge in [0.25, 0.3) is 5.92 Å². The van der Waals surface area contributed by atoms with E-state index in [0.717, 1.165) is 12.8 Å². The lowest BCUT2D eigenvalue weighted by Gasteiger charge is -2.02. The molecule has 0 saturated heterocycles. The van der Waals surface area contributed by atoms with Crippen molar-refractivity contribution >= 4 is 0 Å². The Bertz CT molecular complexity index is 148. The first-order chi connectivity index (χ1) is 6.17. The van der Waals surface area contributed by atoms with Crippen LogP contribution in [-0.4, -0.2) is 19.1 Å². The van der Waals surface area contributed by atoms with E-state index in [9.17, 15) is 8.78 Å². The summed E-state index contributed by atoms with van der Waals surface area (Å²) in [5.41, 5.74) is 0. The van der Waals surface area contributed by atoms with E-state index in [1.165, 1.54) is 12.8 Å². The maximum atomic E-state index is 12.3. The Kier molecular flexibility index (Phi) is 4.10. The van der Waals surface area contributed by atoms with Crippen LogP contribution in [0.3, 0.4) is 0 Å². The molecule has 3 heteroatoms. The first-order valence-corrected chi connectivity index (χ1v) is 5.12. The molecule has 1 fully saturated rings. The molecule has 1 nitrogen and oxygen atoms in total. The van der Waals surface area contributed by atoms with Crippen LogP contribution < -0.4 is 0 Å². The maximum absolute atomic E-state index is 12.3. The number of rotatable bonds is 7. The number of ether oxygens (including phenoxy) is 1. The van der Waals surface area contributed by atoms with Gasteiger partial charge in [-0.1, -0.05) is 26.2 Å². The Labute approximate surface area is 78.5 Å². The Morgan fingerprint density at radius 1 is 1.31 bits per heavy atom. The molecule has 0 heterocycles. The Morgan fingerprint density at radius 2 is 2.00 bits per heavy atom. The van der Waals surface area contributed by atoms with Gasteiger partial charge in [0.1, 0.15) is 0 Å². The molecule has 1 atom stereocenters. The largest absolute Gasteiger partial charge is 0.381 e. The molecule has 0 aliphatic heterocycles. The topological polar surface area (TPSA) is 9.23 Å². The third-order valence-corrected chi connectivity index (χ3v) is 2.42. The molecule has 0 aromatic carbocycles. The van der Waals surface area contributed by atoms with Crippen LogP contribution in [0.5, 0.6) is 0 Å². The first-order valence-electron chi connectivity index (χ1n) is 5.12. The second kappa shape index (κ2) is 4.89. The van der Waals surface area contributed by atoms with Crippen molar-refractivity contribution in [2.45, 2.75) is 45.0 Å². The van der Waals surface area contributed by atoms with E-state index < -0.39 is 11.8 Å². The second-order valence-corrected chi connectivity index (χ2v) is 3.80. The van der Waals surface area contributed by atoms with Gasteiger partial charge in [-0.2, -0.15) is 0 Å². The molecule has 1 saturated carbocycles. The van der Waals surface area contributed by atoms with Crippen LogP contribution in [0.15, 0.2) is 0 Å². The highest BCUT2D eigenvalue weighted by atomic mass is 19.3. The van der Waals surface area contributed by atoms with Crippen LogP contribution in [0.2, 0.25) is 0 Å². The van der Waals surface area contributed by atoms with Crippen molar-refractivity contribution in [1.82, 2.24) is 0 Å². The van der Waals surface area contributed by atoms with Gasteiger partial charge in [0, 0.05) is 13.0 Å². The van der Waals surface area contributed by atoms with E-state index in [1.54, 1.807) is 0 Å². The fourth-order valence-electron chi connectivity index (χ4n) is 1.31. The molecule has 0 radical (unpaired) electrons. The van der Waals surface area contributed by atoms with E-state index in [2.05, 4.69) is 6.92 Å². The zero-order valence-electron chi connectivity index (χ0n) is 8.19. The van der Waals surface area contributed by atoms with Crippen molar-refractivity contribution in [2.75, 3.05) is 13.2 Å². The molecule has 0 N–H and O–H groups in total. The van der Waals surface area contributed by atoms with Crippen molar-refractivity contribution in [3.63, 3.8) is 0 Å². The smallest absolute Gasteiger partial charge is 0.253 e. The predicted molar refractivity (Wildman–Crippen MR) is 48.0 cm³/mol. The van der Waals surface area contributed by atoms with Crippen LogP contribution in [0.4, 0.5) is 8.78 Å². The van der Waals surface area contributed by atoms with Gasteiger partial charge in [0.2, 0.25) is 0 Å². The van der Waals surface area contributed by atoms with Crippen LogP contribution in [0.1, 0.15) is 39.0 Å². The van der Waals surface area contributed by atoms with Crippen molar-refractivity contribution in [3.05, 3.63) is 0 Å². The van der Waals surface area contributed by atoms with E-state index in [-0.39, 0.29) is 13.0 Å². The first kappa shape index (κ1) is 10.9. The number of halogens is 2. The molecular weight excluding hydrogens is 174 g/mol. The molecule has 0 aromatic heterocycles. The van der Waals surface area contributed by atoms with Crippen LogP contribution >= 0.6 is 0 Å². The van der Waals surface area contributed by atoms with Gasteiger partial charge in [0.15, 0.2) is 0 Å². The molecule has 1 aliphatic carbocycles. The fourth-order valence-corrected chi connectivity index (χ4v) is 1.31. The molecule has 0 spiro atoms. The Morgan fingerprint density at radius 3 is 2.54 bits per heavy atom. The summed E-state index contributed by atoms with van der Waals surface area (Å²) in [6, 6.07) is 0. The van der Waals surface area contributed by atoms with Crippen LogP contribution in [0, 0.1) is 5.92 Å². The Hall–Kier alpha value is -0.180. The summed E-state index contributed by atoms with van der Waals surface area (Å²) in [6.07, 6.45) is 4.59. The minimum absolute atomic E-state index is 0.0297. The average Bonchev–Trinajstić information content (AvgIpc) is 2.67. The number of hydrogen-bond donors (Lipinski definition) is 0. The molecule has 1 rings (SSSR count). The predicted octanol–water partition coefficient (Wildman–Crippen LogP) is 3.24. The van der Waals surface area contributed by atoms with E-state index in [1.807, 2.05) is 0 Å². The monoisotopic (exact) mass is 192 g/mol. The van der Waals surface area contributed by atoms with Gasteiger partial charge in [0.05, 0.1) is 12.5 Å². The highest BCUT2D eigenvalue weighted by molar-refractivity contribution is 4.94. The fraction of sp³-hybridized carbons (Fsp3) is 1.00. The molecule has 0 bridgehead atoms. The second-order valence-electron chi connectivity index (χ2n) is 3.80. The zero-order chi connectivity index (χ0) is 9.73. The van der Waals surface area contributed by atoms with E-state index >= 15 is 0 Å². The van der Waals surface area contributed by atoms with Crippen molar-refractivity contribution in [2.24, 2.45) is 5.92 Å². The minimum atomic E-state index is -2.41. The molecule has 1 aliphatic rings. The standard InChI is InChI=1S/C10H18F2O/c1-2-3-4-5-6-13-8-9-7-10(9,11)12/h9H,2-8H2,1H3.